The molecule has 2 N–H and O–H groups in total. The van der Waals surface area contributed by atoms with E-state index >= 15 is 0 Å². The van der Waals surface area contributed by atoms with Crippen LogP contribution in [0.25, 0.3) is 0 Å². The lowest BCUT2D eigenvalue weighted by atomic mass is 10.3. The first-order valence-corrected chi connectivity index (χ1v) is 5.67. The topological polar surface area (TPSA) is 40.7 Å². The first-order valence-electron chi connectivity index (χ1n) is 4.68. The Kier molecular flexibility index (Phi) is 4.93. The van der Waals surface area contributed by atoms with Gasteiger partial charge in [0.2, 0.25) is 0 Å². The number of imidazole rings is 1. The first-order chi connectivity index (χ1) is 6.33. The molecule has 0 aromatic carbocycles. The van der Waals surface area contributed by atoms with E-state index in [0.717, 1.165) is 17.5 Å². The second kappa shape index (κ2) is 6.05. The third kappa shape index (κ3) is 4.33. The zero-order valence-electron chi connectivity index (χ0n) is 8.21. The Bertz CT molecular complexity index is 211. The summed E-state index contributed by atoms with van der Waals surface area (Å²) in [6.07, 6.45) is 4.82. The van der Waals surface area contributed by atoms with Crippen molar-refractivity contribution in [3.8, 4) is 0 Å². The summed E-state index contributed by atoms with van der Waals surface area (Å²) in [4.78, 5) is 7.22. The highest BCUT2D eigenvalue weighted by atomic mass is 32.2. The molecule has 0 bridgehead atoms. The van der Waals surface area contributed by atoms with Gasteiger partial charge in [0.1, 0.15) is 0 Å². The molecule has 1 rings (SSSR count). The number of rotatable bonds is 6. The van der Waals surface area contributed by atoms with Gasteiger partial charge in [-0.25, -0.2) is 4.98 Å². The number of hydrogen-bond acceptors (Lipinski definition) is 3. The Morgan fingerprint density at radius 3 is 3.15 bits per heavy atom. The highest BCUT2D eigenvalue weighted by molar-refractivity contribution is 7.99. The minimum absolute atomic E-state index is 0.604. The number of nitrogens with zero attached hydrogens (tertiary/aromatic N) is 1. The molecule has 0 amide bonds. The largest absolute Gasteiger partial charge is 0.340 e. The summed E-state index contributed by atoms with van der Waals surface area (Å²) in [5.41, 5.74) is 0. The number of H-pyrrole nitrogens is 1. The zero-order valence-corrected chi connectivity index (χ0v) is 9.03. The predicted molar refractivity (Wildman–Crippen MR) is 57.1 cm³/mol. The Morgan fingerprint density at radius 2 is 2.54 bits per heavy atom. The molecule has 1 unspecified atom stereocenters. The second-order valence-electron chi connectivity index (χ2n) is 2.99. The van der Waals surface area contributed by atoms with E-state index in [1.54, 1.807) is 18.0 Å². The minimum atomic E-state index is 0.604. The summed E-state index contributed by atoms with van der Waals surface area (Å²) in [5.74, 6) is 1.11. The molecule has 74 valence electrons. The van der Waals surface area contributed by atoms with Crippen molar-refractivity contribution in [3.63, 3.8) is 0 Å². The minimum Gasteiger partial charge on any atom is -0.340 e. The third-order valence-corrected chi connectivity index (χ3v) is 2.75. The van der Waals surface area contributed by atoms with Crippen LogP contribution in [-0.4, -0.2) is 28.3 Å². The van der Waals surface area contributed by atoms with Crippen LogP contribution in [0.2, 0.25) is 0 Å². The number of hydrogen-bond donors (Lipinski definition) is 2. The average Bonchev–Trinajstić information content (AvgIpc) is 2.57. The van der Waals surface area contributed by atoms with Crippen LogP contribution in [0.15, 0.2) is 17.6 Å². The van der Waals surface area contributed by atoms with Gasteiger partial charge >= 0.3 is 0 Å². The Hall–Kier alpha value is -0.480. The van der Waals surface area contributed by atoms with Gasteiger partial charge in [0.25, 0.3) is 0 Å². The zero-order chi connectivity index (χ0) is 9.52. The van der Waals surface area contributed by atoms with Crippen molar-refractivity contribution < 1.29 is 0 Å². The van der Waals surface area contributed by atoms with E-state index in [1.807, 2.05) is 6.20 Å². The Balaban J connectivity index is 2.07. The fraction of sp³-hybridized carbons (Fsp3) is 0.667. The molecule has 0 saturated heterocycles. The molecule has 13 heavy (non-hydrogen) atoms. The van der Waals surface area contributed by atoms with Crippen LogP contribution in [0.4, 0.5) is 0 Å². The van der Waals surface area contributed by atoms with Crippen molar-refractivity contribution in [2.45, 2.75) is 31.5 Å². The lowest BCUT2D eigenvalue weighted by molar-refractivity contribution is 0.556. The van der Waals surface area contributed by atoms with Crippen LogP contribution >= 0.6 is 11.8 Å². The maximum Gasteiger partial charge on any atom is 0.165 e. The molecule has 0 radical (unpaired) electrons. The van der Waals surface area contributed by atoms with Crippen molar-refractivity contribution in [3.05, 3.63) is 12.4 Å². The SMILES string of the molecule is CCNC(C)CCSc1ncc[nH]1. The van der Waals surface area contributed by atoms with E-state index < -0.39 is 0 Å². The Morgan fingerprint density at radius 1 is 1.69 bits per heavy atom. The normalized spacial score (nSPS) is 13.1. The summed E-state index contributed by atoms with van der Waals surface area (Å²) in [5, 5.41) is 4.40. The number of aromatic nitrogens is 2. The van der Waals surface area contributed by atoms with Crippen molar-refractivity contribution in [1.29, 1.82) is 0 Å². The van der Waals surface area contributed by atoms with Crippen molar-refractivity contribution in [2.24, 2.45) is 0 Å². The summed E-state index contributed by atoms with van der Waals surface area (Å²) in [6.45, 7) is 5.40. The van der Waals surface area contributed by atoms with Gasteiger partial charge in [-0.15, -0.1) is 0 Å². The maximum absolute atomic E-state index is 4.15. The van der Waals surface area contributed by atoms with Crippen LogP contribution in [0.3, 0.4) is 0 Å². The standard InChI is InChI=1S/C9H17N3S/c1-3-10-8(2)4-7-13-9-11-5-6-12-9/h5-6,8,10H,3-4,7H2,1-2H3,(H,11,12). The number of thioether (sulfide) groups is 1. The van der Waals surface area contributed by atoms with E-state index in [1.165, 1.54) is 6.42 Å². The molecule has 1 atom stereocenters. The summed E-state index contributed by atoms with van der Waals surface area (Å²) < 4.78 is 0. The fourth-order valence-corrected chi connectivity index (χ4v) is 2.06. The van der Waals surface area contributed by atoms with Crippen LogP contribution in [0.1, 0.15) is 20.3 Å². The quantitative estimate of drug-likeness (QED) is 0.687. The molecule has 1 heterocycles. The molecule has 1 aromatic rings. The van der Waals surface area contributed by atoms with Gasteiger partial charge in [0.15, 0.2) is 5.16 Å². The highest BCUT2D eigenvalue weighted by Gasteiger charge is 2.00. The highest BCUT2D eigenvalue weighted by Crippen LogP contribution is 2.13. The molecule has 1 aromatic heterocycles. The number of nitrogens with one attached hydrogen (secondary N) is 2. The van der Waals surface area contributed by atoms with Gasteiger partial charge < -0.3 is 10.3 Å². The van der Waals surface area contributed by atoms with E-state index in [2.05, 4.69) is 29.1 Å². The lowest BCUT2D eigenvalue weighted by Crippen LogP contribution is -2.25. The van der Waals surface area contributed by atoms with Gasteiger partial charge in [0, 0.05) is 24.2 Å². The molecule has 3 nitrogen and oxygen atoms in total. The van der Waals surface area contributed by atoms with Gasteiger partial charge in [-0.05, 0) is 19.9 Å². The van der Waals surface area contributed by atoms with E-state index in [4.69, 9.17) is 0 Å². The molecule has 0 aliphatic heterocycles. The molecular weight excluding hydrogens is 182 g/mol. The van der Waals surface area contributed by atoms with Gasteiger partial charge in [-0.2, -0.15) is 0 Å². The second-order valence-corrected chi connectivity index (χ2v) is 4.07. The van der Waals surface area contributed by atoms with E-state index in [9.17, 15) is 0 Å². The van der Waals surface area contributed by atoms with Gasteiger partial charge in [-0.1, -0.05) is 18.7 Å². The molecule has 0 saturated carbocycles. The fourth-order valence-electron chi connectivity index (χ4n) is 1.11. The molecular formula is C9H17N3S. The van der Waals surface area contributed by atoms with Crippen LogP contribution in [0, 0.1) is 0 Å². The van der Waals surface area contributed by atoms with Gasteiger partial charge in [-0.3, -0.25) is 0 Å². The summed E-state index contributed by atoms with van der Waals surface area (Å²) >= 11 is 1.77. The Labute approximate surface area is 83.7 Å². The van der Waals surface area contributed by atoms with Crippen LogP contribution < -0.4 is 5.32 Å². The van der Waals surface area contributed by atoms with Crippen LogP contribution in [0.5, 0.6) is 0 Å². The van der Waals surface area contributed by atoms with Crippen molar-refractivity contribution in [1.82, 2.24) is 15.3 Å². The molecule has 0 spiro atoms. The van der Waals surface area contributed by atoms with Crippen LogP contribution in [-0.2, 0) is 0 Å². The lowest BCUT2D eigenvalue weighted by Gasteiger charge is -2.10. The van der Waals surface area contributed by atoms with E-state index in [-0.39, 0.29) is 0 Å². The molecule has 4 heteroatoms. The van der Waals surface area contributed by atoms with Crippen molar-refractivity contribution in [2.75, 3.05) is 12.3 Å². The summed E-state index contributed by atoms with van der Waals surface area (Å²) in [6, 6.07) is 0.604. The maximum atomic E-state index is 4.15. The first kappa shape index (κ1) is 10.6. The van der Waals surface area contributed by atoms with Gasteiger partial charge in [0.05, 0.1) is 0 Å². The summed E-state index contributed by atoms with van der Waals surface area (Å²) in [7, 11) is 0. The molecule has 0 fully saturated rings. The molecule has 0 aliphatic carbocycles. The molecule has 0 aliphatic rings. The average molecular weight is 199 g/mol. The third-order valence-electron chi connectivity index (χ3n) is 1.82. The van der Waals surface area contributed by atoms with Crippen molar-refractivity contribution >= 4 is 11.8 Å². The smallest absolute Gasteiger partial charge is 0.165 e. The predicted octanol–water partition coefficient (Wildman–Crippen LogP) is 1.89. The number of aromatic amines is 1. The van der Waals surface area contributed by atoms with E-state index in [0.29, 0.717) is 6.04 Å². The monoisotopic (exact) mass is 199 g/mol.